The van der Waals surface area contributed by atoms with Crippen LogP contribution in [0.2, 0.25) is 0 Å². The topological polar surface area (TPSA) is 120 Å². The monoisotopic (exact) mass is 432 g/mol. The molecule has 0 saturated heterocycles. The van der Waals surface area contributed by atoms with E-state index < -0.39 is 6.09 Å². The fraction of sp³-hybridized carbons (Fsp3) is 0.682. The summed E-state index contributed by atoms with van der Waals surface area (Å²) in [6, 6.07) is 0. The second-order valence-electron chi connectivity index (χ2n) is 8.90. The number of aromatic nitrogens is 2. The summed E-state index contributed by atoms with van der Waals surface area (Å²) in [5.74, 6) is 7.72. The van der Waals surface area contributed by atoms with Crippen LogP contribution in [0.5, 0.6) is 5.88 Å². The molecular weight excluding hydrogens is 396 g/mol. The fourth-order valence-electron chi connectivity index (χ4n) is 3.89. The Morgan fingerprint density at radius 3 is 2.52 bits per heavy atom. The van der Waals surface area contributed by atoms with Crippen LogP contribution in [0.4, 0.5) is 4.79 Å². The first-order valence-corrected chi connectivity index (χ1v) is 11.1. The molecule has 0 bridgehead atoms. The molecule has 2 fully saturated rings. The number of aryl methyl sites for hydroxylation is 1. The predicted molar refractivity (Wildman–Crippen MR) is 119 cm³/mol. The van der Waals surface area contributed by atoms with Crippen molar-refractivity contribution < 1.29 is 14.3 Å². The first kappa shape index (κ1) is 23.1. The minimum atomic E-state index is -0.398. The molecule has 3 rings (SSSR count). The number of hydrogen-bond donors (Lipinski definition) is 2. The van der Waals surface area contributed by atoms with Gasteiger partial charge in [0.15, 0.2) is 0 Å². The number of carbonyl (C=O) groups excluding carboxylic acids is 1. The first-order chi connectivity index (χ1) is 14.8. The Morgan fingerprint density at radius 2 is 1.94 bits per heavy atom. The number of hydrogen-bond acceptors (Lipinski definition) is 8. The van der Waals surface area contributed by atoms with Gasteiger partial charge in [0.25, 0.3) is 0 Å². The van der Waals surface area contributed by atoms with Crippen molar-refractivity contribution in [2.45, 2.75) is 58.5 Å². The van der Waals surface area contributed by atoms with Gasteiger partial charge in [-0.1, -0.05) is 13.3 Å². The third-order valence-electron chi connectivity index (χ3n) is 6.17. The summed E-state index contributed by atoms with van der Waals surface area (Å²) in [7, 11) is 3.39. The van der Waals surface area contributed by atoms with E-state index in [1.54, 1.807) is 25.2 Å². The lowest BCUT2D eigenvalue weighted by atomic mass is 9.98. The van der Waals surface area contributed by atoms with Gasteiger partial charge in [-0.05, 0) is 50.9 Å². The van der Waals surface area contributed by atoms with Gasteiger partial charge in [0.2, 0.25) is 5.88 Å². The summed E-state index contributed by atoms with van der Waals surface area (Å²) in [5.41, 5.74) is 8.23. The van der Waals surface area contributed by atoms with Gasteiger partial charge < -0.3 is 25.1 Å². The number of rotatable bonds is 8. The number of nitrogens with two attached hydrogens (primary N) is 2. The van der Waals surface area contributed by atoms with Crippen LogP contribution in [0.25, 0.3) is 5.70 Å². The summed E-state index contributed by atoms with van der Waals surface area (Å²) in [5, 5.41) is 1.34. The minimum absolute atomic E-state index is 0.0523. The standard InChI is InChI=1S/C22H36N6O3/c1-14-10-16(14)12-27(3)22(29)30-13-19(28(4)24)20(23)18-11-25-21(15(2)26-18)31-17-8-6-5-7-9-17/h11,14,16-17H,5-10,12-13,23-24H2,1-4H3/b20-19-/t14-,16+/m0/s1. The third-order valence-corrected chi connectivity index (χ3v) is 6.17. The average Bonchev–Trinajstić information content (AvgIpc) is 3.44. The summed E-state index contributed by atoms with van der Waals surface area (Å²) in [4.78, 5) is 22.9. The molecule has 1 amide bonds. The van der Waals surface area contributed by atoms with Gasteiger partial charge in [0.05, 0.1) is 17.6 Å². The number of likely N-dealkylation sites (N-methyl/N-ethyl adjacent to an activating group) is 1. The van der Waals surface area contributed by atoms with Crippen molar-refractivity contribution in [3.63, 3.8) is 0 Å². The van der Waals surface area contributed by atoms with Gasteiger partial charge >= 0.3 is 6.09 Å². The fourth-order valence-corrected chi connectivity index (χ4v) is 3.89. The average molecular weight is 433 g/mol. The van der Waals surface area contributed by atoms with Crippen molar-refractivity contribution in [1.29, 1.82) is 0 Å². The number of carbonyl (C=O) groups is 1. The molecule has 2 aliphatic rings. The van der Waals surface area contributed by atoms with Crippen LogP contribution in [0.1, 0.15) is 56.8 Å². The Bertz CT molecular complexity index is 806. The molecule has 9 heteroatoms. The SMILES string of the molecule is Cc1nc(/C(N)=C(\COC(=O)N(C)C[C@H]2C[C@@H]2C)N(C)N)cnc1OC1CCCCC1. The maximum Gasteiger partial charge on any atom is 0.409 e. The molecule has 1 heterocycles. The molecule has 1 aromatic rings. The van der Waals surface area contributed by atoms with Gasteiger partial charge in [-0.3, -0.25) is 0 Å². The zero-order valence-corrected chi connectivity index (χ0v) is 19.1. The Kier molecular flexibility index (Phi) is 7.59. The van der Waals surface area contributed by atoms with Crippen LogP contribution in [0, 0.1) is 18.8 Å². The van der Waals surface area contributed by atoms with E-state index in [0.29, 0.717) is 47.0 Å². The van der Waals surface area contributed by atoms with Crippen molar-refractivity contribution in [3.8, 4) is 5.88 Å². The molecule has 0 unspecified atom stereocenters. The van der Waals surface area contributed by atoms with E-state index in [1.807, 2.05) is 6.92 Å². The maximum atomic E-state index is 12.3. The number of amides is 1. The van der Waals surface area contributed by atoms with Crippen molar-refractivity contribution in [2.75, 3.05) is 27.2 Å². The molecule has 0 aliphatic heterocycles. The van der Waals surface area contributed by atoms with Crippen molar-refractivity contribution in [2.24, 2.45) is 23.4 Å². The number of ether oxygens (including phenoxy) is 2. The molecule has 0 aromatic carbocycles. The quantitative estimate of drug-likeness (QED) is 0.475. The van der Waals surface area contributed by atoms with E-state index in [0.717, 1.165) is 19.3 Å². The molecule has 2 saturated carbocycles. The van der Waals surface area contributed by atoms with E-state index in [-0.39, 0.29) is 12.7 Å². The van der Waals surface area contributed by atoms with Crippen LogP contribution in [-0.2, 0) is 4.74 Å². The van der Waals surface area contributed by atoms with E-state index >= 15 is 0 Å². The largest absolute Gasteiger partial charge is 0.473 e. The summed E-state index contributed by atoms with van der Waals surface area (Å²) >= 11 is 0. The Labute approximate surface area is 184 Å². The van der Waals surface area contributed by atoms with Gasteiger partial charge in [-0.2, -0.15) is 0 Å². The van der Waals surface area contributed by atoms with E-state index in [9.17, 15) is 4.79 Å². The van der Waals surface area contributed by atoms with Crippen LogP contribution < -0.4 is 16.3 Å². The van der Waals surface area contributed by atoms with Crippen molar-refractivity contribution >= 4 is 11.8 Å². The van der Waals surface area contributed by atoms with Crippen molar-refractivity contribution in [3.05, 3.63) is 23.3 Å². The zero-order valence-electron chi connectivity index (χ0n) is 19.1. The second kappa shape index (κ2) is 10.2. The molecule has 172 valence electrons. The predicted octanol–water partition coefficient (Wildman–Crippen LogP) is 2.65. The first-order valence-electron chi connectivity index (χ1n) is 11.1. The van der Waals surface area contributed by atoms with Crippen LogP contribution in [0.3, 0.4) is 0 Å². The molecule has 0 spiro atoms. The van der Waals surface area contributed by atoms with Gasteiger partial charge in [-0.25, -0.2) is 20.6 Å². The highest BCUT2D eigenvalue weighted by Crippen LogP contribution is 2.38. The number of hydrazine groups is 1. The molecule has 31 heavy (non-hydrogen) atoms. The third kappa shape index (κ3) is 6.22. The van der Waals surface area contributed by atoms with Gasteiger partial charge in [-0.15, -0.1) is 0 Å². The molecule has 4 N–H and O–H groups in total. The number of nitrogens with zero attached hydrogens (tertiary/aromatic N) is 4. The molecule has 9 nitrogen and oxygen atoms in total. The highest BCUT2D eigenvalue weighted by atomic mass is 16.6. The van der Waals surface area contributed by atoms with Gasteiger partial charge in [0, 0.05) is 20.6 Å². The molecular formula is C22H36N6O3. The van der Waals surface area contributed by atoms with Crippen LogP contribution in [-0.4, -0.2) is 59.3 Å². The maximum absolute atomic E-state index is 12.3. The molecule has 2 aliphatic carbocycles. The Morgan fingerprint density at radius 1 is 1.26 bits per heavy atom. The zero-order chi connectivity index (χ0) is 22.5. The van der Waals surface area contributed by atoms with Gasteiger partial charge in [0.1, 0.15) is 24.1 Å². The normalized spacial score (nSPS) is 21.8. The minimum Gasteiger partial charge on any atom is -0.473 e. The molecule has 2 atom stereocenters. The van der Waals surface area contributed by atoms with E-state index in [4.69, 9.17) is 21.1 Å². The lowest BCUT2D eigenvalue weighted by molar-refractivity contribution is 0.111. The Balaban J connectivity index is 1.65. The molecule has 1 aromatic heterocycles. The van der Waals surface area contributed by atoms with E-state index in [1.165, 1.54) is 24.3 Å². The Hall–Kier alpha value is -2.55. The summed E-state index contributed by atoms with van der Waals surface area (Å²) in [6.07, 6.45) is 8.26. The van der Waals surface area contributed by atoms with E-state index in [2.05, 4.69) is 16.9 Å². The smallest absolute Gasteiger partial charge is 0.409 e. The highest BCUT2D eigenvalue weighted by molar-refractivity contribution is 5.68. The van der Waals surface area contributed by atoms with Crippen molar-refractivity contribution in [1.82, 2.24) is 19.9 Å². The van der Waals surface area contributed by atoms with Crippen LogP contribution >= 0.6 is 0 Å². The highest BCUT2D eigenvalue weighted by Gasteiger charge is 2.34. The molecule has 0 radical (unpaired) electrons. The van der Waals surface area contributed by atoms with Crippen LogP contribution in [0.15, 0.2) is 11.9 Å². The summed E-state index contributed by atoms with van der Waals surface area (Å²) < 4.78 is 11.5. The second-order valence-corrected chi connectivity index (χ2v) is 8.90. The lowest BCUT2D eigenvalue weighted by Gasteiger charge is -2.23. The summed E-state index contributed by atoms with van der Waals surface area (Å²) in [6.45, 7) is 4.67. The lowest BCUT2D eigenvalue weighted by Crippen LogP contribution is -2.34.